The van der Waals surface area contributed by atoms with Crippen LogP contribution in [0.2, 0.25) is 0 Å². The molecule has 0 fully saturated rings. The van der Waals surface area contributed by atoms with Crippen LogP contribution in [0.1, 0.15) is 17.7 Å². The van der Waals surface area contributed by atoms with Crippen molar-refractivity contribution in [2.75, 3.05) is 13.6 Å². The molecular formula is C15H17FN2O4. The number of nitrogens with one attached hydrogen (secondary N) is 1. The maximum Gasteiger partial charge on any atom is 0.317 e. The first-order valence-electron chi connectivity index (χ1n) is 6.76. The molecule has 0 unspecified atom stereocenters. The highest BCUT2D eigenvalue weighted by Gasteiger charge is 2.14. The summed E-state index contributed by atoms with van der Waals surface area (Å²) >= 11 is 0. The number of nitrogens with zero attached hydrogens (tertiary/aromatic N) is 1. The van der Waals surface area contributed by atoms with Gasteiger partial charge in [-0.15, -0.1) is 0 Å². The van der Waals surface area contributed by atoms with Crippen molar-refractivity contribution < 1.29 is 23.5 Å². The van der Waals surface area contributed by atoms with Crippen LogP contribution in [0, 0.1) is 12.7 Å². The van der Waals surface area contributed by atoms with Crippen LogP contribution in [0.15, 0.2) is 22.6 Å². The number of carbonyl (C=O) groups is 2. The molecular weight excluding hydrogens is 291 g/mol. The summed E-state index contributed by atoms with van der Waals surface area (Å²) in [6.45, 7) is 2.06. The normalized spacial score (nSPS) is 10.7. The molecule has 1 aromatic heterocycles. The zero-order valence-corrected chi connectivity index (χ0v) is 12.4. The Labute approximate surface area is 126 Å². The number of hydrogen-bond acceptors (Lipinski definition) is 3. The Kier molecular flexibility index (Phi) is 4.65. The summed E-state index contributed by atoms with van der Waals surface area (Å²) in [5.41, 5.74) is 1.32. The van der Waals surface area contributed by atoms with Crippen molar-refractivity contribution in [2.24, 2.45) is 0 Å². The quantitative estimate of drug-likeness (QED) is 0.889. The van der Waals surface area contributed by atoms with Crippen molar-refractivity contribution in [3.63, 3.8) is 0 Å². The van der Waals surface area contributed by atoms with E-state index < -0.39 is 12.0 Å². The smallest absolute Gasteiger partial charge is 0.317 e. The predicted molar refractivity (Wildman–Crippen MR) is 78.0 cm³/mol. The van der Waals surface area contributed by atoms with Crippen LogP contribution in [0.25, 0.3) is 11.0 Å². The second kappa shape index (κ2) is 6.46. The molecule has 0 spiro atoms. The van der Waals surface area contributed by atoms with Gasteiger partial charge >= 0.3 is 12.0 Å². The summed E-state index contributed by atoms with van der Waals surface area (Å²) < 4.78 is 18.8. The van der Waals surface area contributed by atoms with E-state index in [-0.39, 0.29) is 25.3 Å². The van der Waals surface area contributed by atoms with Crippen LogP contribution >= 0.6 is 0 Å². The Balaban J connectivity index is 2.01. The van der Waals surface area contributed by atoms with Crippen LogP contribution in [-0.2, 0) is 11.3 Å². The maximum absolute atomic E-state index is 13.2. The average molecular weight is 308 g/mol. The number of amides is 2. The molecule has 6 nitrogen and oxygen atoms in total. The molecule has 1 heterocycles. The lowest BCUT2D eigenvalue weighted by molar-refractivity contribution is -0.137. The number of carboxylic acids is 1. The summed E-state index contributed by atoms with van der Waals surface area (Å²) in [5, 5.41) is 11.9. The van der Waals surface area contributed by atoms with Crippen LogP contribution in [-0.4, -0.2) is 35.6 Å². The van der Waals surface area contributed by atoms with Gasteiger partial charge in [-0.2, -0.15) is 0 Å². The molecule has 118 valence electrons. The molecule has 0 aliphatic carbocycles. The maximum atomic E-state index is 13.2. The zero-order chi connectivity index (χ0) is 16.3. The van der Waals surface area contributed by atoms with Gasteiger partial charge in [-0.05, 0) is 25.1 Å². The van der Waals surface area contributed by atoms with E-state index >= 15 is 0 Å². The molecule has 0 bridgehead atoms. The summed E-state index contributed by atoms with van der Waals surface area (Å²) in [6, 6.07) is 3.85. The fourth-order valence-corrected chi connectivity index (χ4v) is 2.07. The van der Waals surface area contributed by atoms with Crippen LogP contribution < -0.4 is 5.32 Å². The number of furan rings is 1. The van der Waals surface area contributed by atoms with Gasteiger partial charge in [0.05, 0.1) is 13.0 Å². The number of halogens is 1. The molecule has 0 aliphatic rings. The number of rotatable bonds is 5. The highest BCUT2D eigenvalue weighted by Crippen LogP contribution is 2.25. The van der Waals surface area contributed by atoms with E-state index in [9.17, 15) is 14.0 Å². The highest BCUT2D eigenvalue weighted by molar-refractivity contribution is 5.82. The van der Waals surface area contributed by atoms with Crippen molar-refractivity contribution in [2.45, 2.75) is 19.9 Å². The second-order valence-electron chi connectivity index (χ2n) is 5.01. The minimum Gasteiger partial charge on any atom is -0.481 e. The molecule has 2 rings (SSSR count). The minimum atomic E-state index is -0.963. The number of benzene rings is 1. The number of fused-ring (bicyclic) bond motifs is 1. The number of carbonyl (C=O) groups excluding carboxylic acids is 1. The van der Waals surface area contributed by atoms with E-state index in [1.54, 1.807) is 13.0 Å². The third kappa shape index (κ3) is 3.55. The SMILES string of the molecule is Cc1c(CNC(=O)N(C)CCC(=O)O)oc2ccc(F)cc12. The van der Waals surface area contributed by atoms with Crippen LogP contribution in [0.4, 0.5) is 9.18 Å². The number of carboxylic acid groups (broad SMARTS) is 1. The number of aryl methyl sites for hydroxylation is 1. The largest absolute Gasteiger partial charge is 0.481 e. The van der Waals surface area contributed by atoms with E-state index in [0.717, 1.165) is 5.56 Å². The predicted octanol–water partition coefficient (Wildman–Crippen LogP) is 2.50. The fraction of sp³-hybridized carbons (Fsp3) is 0.333. The van der Waals surface area contributed by atoms with Gasteiger partial charge in [0.15, 0.2) is 0 Å². The zero-order valence-electron chi connectivity index (χ0n) is 12.4. The summed E-state index contributed by atoms with van der Waals surface area (Å²) in [5.74, 6) is -0.768. The Morgan fingerprint density at radius 2 is 2.14 bits per heavy atom. The molecule has 0 saturated carbocycles. The number of aliphatic carboxylic acids is 1. The van der Waals surface area contributed by atoms with E-state index in [1.807, 2.05) is 0 Å². The first kappa shape index (κ1) is 15.8. The van der Waals surface area contributed by atoms with Gasteiger partial charge < -0.3 is 19.7 Å². The lowest BCUT2D eigenvalue weighted by Crippen LogP contribution is -2.38. The molecule has 0 saturated heterocycles. The van der Waals surface area contributed by atoms with Crippen molar-refractivity contribution in [1.82, 2.24) is 10.2 Å². The number of hydrogen-bond donors (Lipinski definition) is 2. The molecule has 2 amide bonds. The Morgan fingerprint density at radius 3 is 2.82 bits per heavy atom. The Morgan fingerprint density at radius 1 is 1.41 bits per heavy atom. The van der Waals surface area contributed by atoms with Crippen molar-refractivity contribution >= 4 is 23.0 Å². The molecule has 22 heavy (non-hydrogen) atoms. The third-order valence-electron chi connectivity index (χ3n) is 3.40. The molecule has 1 aromatic carbocycles. The third-order valence-corrected chi connectivity index (χ3v) is 3.40. The monoisotopic (exact) mass is 308 g/mol. The fourth-order valence-electron chi connectivity index (χ4n) is 2.07. The first-order chi connectivity index (χ1) is 10.4. The molecule has 0 atom stereocenters. The lowest BCUT2D eigenvalue weighted by Gasteiger charge is -2.16. The summed E-state index contributed by atoms with van der Waals surface area (Å²) in [7, 11) is 1.51. The highest BCUT2D eigenvalue weighted by atomic mass is 19.1. The van der Waals surface area contributed by atoms with Gasteiger partial charge in [-0.25, -0.2) is 9.18 Å². The summed E-state index contributed by atoms with van der Waals surface area (Å²) in [6.07, 6.45) is -0.118. The van der Waals surface area contributed by atoms with Crippen molar-refractivity contribution in [1.29, 1.82) is 0 Å². The van der Waals surface area contributed by atoms with Gasteiger partial charge in [-0.1, -0.05) is 0 Å². The lowest BCUT2D eigenvalue weighted by atomic mass is 10.1. The van der Waals surface area contributed by atoms with Gasteiger partial charge in [0.2, 0.25) is 0 Å². The molecule has 0 aliphatic heterocycles. The summed E-state index contributed by atoms with van der Waals surface area (Å²) in [4.78, 5) is 23.6. The van der Waals surface area contributed by atoms with E-state index in [0.29, 0.717) is 16.7 Å². The topological polar surface area (TPSA) is 82.8 Å². The molecule has 7 heteroatoms. The van der Waals surface area contributed by atoms with Gasteiger partial charge in [0, 0.05) is 24.5 Å². The van der Waals surface area contributed by atoms with Crippen molar-refractivity contribution in [3.05, 3.63) is 35.3 Å². The number of urea groups is 1. The van der Waals surface area contributed by atoms with Gasteiger partial charge in [0.25, 0.3) is 0 Å². The Bertz CT molecular complexity index is 711. The first-order valence-corrected chi connectivity index (χ1v) is 6.76. The average Bonchev–Trinajstić information content (AvgIpc) is 2.78. The standard InChI is InChI=1S/C15H17FN2O4/c1-9-11-7-10(16)3-4-12(11)22-13(9)8-17-15(21)18(2)6-5-14(19)20/h3-4,7H,5-6,8H2,1-2H3,(H,17,21)(H,19,20). The van der Waals surface area contributed by atoms with Gasteiger partial charge in [0.1, 0.15) is 17.2 Å². The molecule has 0 radical (unpaired) electrons. The minimum absolute atomic E-state index is 0.117. The van der Waals surface area contributed by atoms with Crippen molar-refractivity contribution in [3.8, 4) is 0 Å². The molecule has 2 aromatic rings. The Hall–Kier alpha value is -2.57. The molecule has 2 N–H and O–H groups in total. The van der Waals surface area contributed by atoms with E-state index in [1.165, 1.54) is 24.1 Å². The van der Waals surface area contributed by atoms with Crippen LogP contribution in [0.3, 0.4) is 0 Å². The van der Waals surface area contributed by atoms with Gasteiger partial charge in [-0.3, -0.25) is 4.79 Å². The van der Waals surface area contributed by atoms with E-state index in [2.05, 4.69) is 5.32 Å². The second-order valence-corrected chi connectivity index (χ2v) is 5.01. The van der Waals surface area contributed by atoms with Crippen LogP contribution in [0.5, 0.6) is 0 Å². The van der Waals surface area contributed by atoms with E-state index in [4.69, 9.17) is 9.52 Å².